The third-order valence-electron chi connectivity index (χ3n) is 4.04. The van der Waals surface area contributed by atoms with Crippen molar-refractivity contribution in [3.8, 4) is 0 Å². The average molecular weight is 368 g/mol. The highest BCUT2D eigenvalue weighted by Crippen LogP contribution is 2.25. The van der Waals surface area contributed by atoms with Crippen molar-refractivity contribution >= 4 is 17.9 Å². The van der Waals surface area contributed by atoms with Crippen LogP contribution in [0.1, 0.15) is 43.4 Å². The summed E-state index contributed by atoms with van der Waals surface area (Å²) in [4.78, 5) is 37.0. The van der Waals surface area contributed by atoms with Gasteiger partial charge in [-0.2, -0.15) is 0 Å². The van der Waals surface area contributed by atoms with Gasteiger partial charge in [-0.1, -0.05) is 67.6 Å². The molecule has 2 atom stereocenters. The third-order valence-corrected chi connectivity index (χ3v) is 4.04. The number of hydrogen-bond donors (Lipinski definition) is 2. The summed E-state index contributed by atoms with van der Waals surface area (Å²) in [6.07, 6.45) is -0.679. The molecule has 0 radical (unpaired) electrons. The van der Waals surface area contributed by atoms with Crippen LogP contribution in [0, 0.1) is 0 Å². The number of rotatable bonds is 7. The predicted octanol–water partition coefficient (Wildman–Crippen LogP) is 3.31. The third kappa shape index (κ3) is 5.67. The molecule has 0 saturated heterocycles. The molecule has 0 saturated carbocycles. The van der Waals surface area contributed by atoms with Gasteiger partial charge in [0.1, 0.15) is 0 Å². The maximum absolute atomic E-state index is 12.8. The van der Waals surface area contributed by atoms with E-state index in [0.717, 1.165) is 5.56 Å². The van der Waals surface area contributed by atoms with Crippen molar-refractivity contribution in [3.05, 3.63) is 71.8 Å². The highest BCUT2D eigenvalue weighted by atomic mass is 16.5. The van der Waals surface area contributed by atoms with Gasteiger partial charge in [0.2, 0.25) is 6.10 Å². The highest BCUT2D eigenvalue weighted by molar-refractivity contribution is 5.98. The fraction of sp³-hybridized carbons (Fsp3) is 0.286. The van der Waals surface area contributed by atoms with Crippen LogP contribution in [0.4, 0.5) is 4.79 Å². The topological polar surface area (TPSA) is 84.5 Å². The lowest BCUT2D eigenvalue weighted by atomic mass is 9.96. The minimum Gasteiger partial charge on any atom is -0.447 e. The average Bonchev–Trinajstić information content (AvgIpc) is 2.68. The molecule has 0 aliphatic heterocycles. The summed E-state index contributed by atoms with van der Waals surface area (Å²) in [6.45, 7) is 4.00. The Bertz CT molecular complexity index is 762. The molecule has 0 heterocycles. The van der Waals surface area contributed by atoms with Crippen molar-refractivity contribution in [2.45, 2.75) is 32.3 Å². The number of hydrogen-bond acceptors (Lipinski definition) is 4. The number of esters is 1. The van der Waals surface area contributed by atoms with Gasteiger partial charge in [0.25, 0.3) is 5.91 Å². The molecule has 3 amide bonds. The highest BCUT2D eigenvalue weighted by Gasteiger charge is 2.30. The Labute approximate surface area is 158 Å². The number of ether oxygens (including phenoxy) is 1. The second-order valence-corrected chi connectivity index (χ2v) is 5.95. The number of urea groups is 1. The van der Waals surface area contributed by atoms with Crippen LogP contribution in [0.2, 0.25) is 0 Å². The first kappa shape index (κ1) is 20.2. The van der Waals surface area contributed by atoms with E-state index in [1.807, 2.05) is 37.3 Å². The molecule has 27 heavy (non-hydrogen) atoms. The molecule has 6 heteroatoms. The van der Waals surface area contributed by atoms with E-state index in [4.69, 9.17) is 4.74 Å². The molecule has 6 nitrogen and oxygen atoms in total. The van der Waals surface area contributed by atoms with E-state index >= 15 is 0 Å². The quantitative estimate of drug-likeness (QED) is 0.735. The Hall–Kier alpha value is -3.15. The van der Waals surface area contributed by atoms with Gasteiger partial charge in [0.15, 0.2) is 0 Å². The molecule has 0 aliphatic carbocycles. The van der Waals surface area contributed by atoms with Crippen LogP contribution in [0.3, 0.4) is 0 Å². The number of carbonyl (C=O) groups is 3. The van der Waals surface area contributed by atoms with Crippen LogP contribution in [0.5, 0.6) is 0 Å². The van der Waals surface area contributed by atoms with Crippen LogP contribution >= 0.6 is 0 Å². The fourth-order valence-electron chi connectivity index (χ4n) is 2.71. The number of imide groups is 1. The summed E-state index contributed by atoms with van der Waals surface area (Å²) < 4.78 is 5.55. The smallest absolute Gasteiger partial charge is 0.321 e. The van der Waals surface area contributed by atoms with E-state index in [9.17, 15) is 14.4 Å². The van der Waals surface area contributed by atoms with E-state index in [-0.39, 0.29) is 0 Å². The molecule has 2 rings (SSSR count). The van der Waals surface area contributed by atoms with E-state index in [0.29, 0.717) is 18.5 Å². The Balaban J connectivity index is 2.22. The van der Waals surface area contributed by atoms with Gasteiger partial charge < -0.3 is 10.1 Å². The normalized spacial score (nSPS) is 12.5. The van der Waals surface area contributed by atoms with Crippen molar-refractivity contribution < 1.29 is 19.1 Å². The minimum atomic E-state index is -1.21. The summed E-state index contributed by atoms with van der Waals surface area (Å²) in [7, 11) is 0. The van der Waals surface area contributed by atoms with Gasteiger partial charge in [-0.05, 0) is 18.9 Å². The number of nitrogens with one attached hydrogen (secondary N) is 2. The standard InChI is InChI=1S/C21H24N2O4/c1-3-17(15-11-7-5-8-12-15)20(25)27-18(16-13-9-6-10-14-16)19(24)23-21(26)22-4-2/h5-14,17-18H,3-4H2,1-2H3,(H2,22,23,24,26)/t17-,18-/m1/s1. The predicted molar refractivity (Wildman–Crippen MR) is 102 cm³/mol. The maximum Gasteiger partial charge on any atom is 0.321 e. The maximum atomic E-state index is 12.8. The number of carbonyl (C=O) groups excluding carboxylic acids is 3. The Morgan fingerprint density at radius 2 is 1.44 bits per heavy atom. The van der Waals surface area contributed by atoms with Gasteiger partial charge in [-0.3, -0.25) is 14.9 Å². The van der Waals surface area contributed by atoms with Crippen LogP contribution in [-0.2, 0) is 14.3 Å². The SMILES string of the molecule is CCNC(=O)NC(=O)[C@H](OC(=O)[C@H](CC)c1ccccc1)c1ccccc1. The van der Waals surface area contributed by atoms with E-state index in [2.05, 4.69) is 10.6 Å². The first-order valence-electron chi connectivity index (χ1n) is 8.95. The number of amides is 3. The zero-order chi connectivity index (χ0) is 19.6. The molecule has 0 unspecified atom stereocenters. The molecule has 0 spiro atoms. The fourth-order valence-corrected chi connectivity index (χ4v) is 2.71. The summed E-state index contributed by atoms with van der Waals surface area (Å²) in [6, 6.07) is 17.3. The lowest BCUT2D eigenvalue weighted by Crippen LogP contribution is -2.42. The number of benzene rings is 2. The van der Waals surface area contributed by atoms with Crippen molar-refractivity contribution in [2.24, 2.45) is 0 Å². The lowest BCUT2D eigenvalue weighted by Gasteiger charge is -2.21. The van der Waals surface area contributed by atoms with Crippen LogP contribution < -0.4 is 10.6 Å². The second-order valence-electron chi connectivity index (χ2n) is 5.95. The van der Waals surface area contributed by atoms with E-state index in [1.54, 1.807) is 37.3 Å². The van der Waals surface area contributed by atoms with E-state index in [1.165, 1.54) is 0 Å². The van der Waals surface area contributed by atoms with Crippen molar-refractivity contribution in [1.82, 2.24) is 10.6 Å². The van der Waals surface area contributed by atoms with Gasteiger partial charge >= 0.3 is 12.0 Å². The molecule has 142 valence electrons. The molecule has 0 bridgehead atoms. The van der Waals surface area contributed by atoms with Gasteiger partial charge in [-0.25, -0.2) is 4.79 Å². The molecule has 2 aromatic carbocycles. The monoisotopic (exact) mass is 368 g/mol. The largest absolute Gasteiger partial charge is 0.447 e. The summed E-state index contributed by atoms with van der Waals surface area (Å²) >= 11 is 0. The molecule has 0 fully saturated rings. The van der Waals surface area contributed by atoms with Crippen LogP contribution in [0.15, 0.2) is 60.7 Å². The van der Waals surface area contributed by atoms with Crippen LogP contribution in [0.25, 0.3) is 0 Å². The van der Waals surface area contributed by atoms with Crippen molar-refractivity contribution in [1.29, 1.82) is 0 Å². The van der Waals surface area contributed by atoms with Crippen molar-refractivity contribution in [2.75, 3.05) is 6.54 Å². The molecule has 0 aromatic heterocycles. The molecular formula is C21H24N2O4. The Kier molecular flexibility index (Phi) is 7.55. The lowest BCUT2D eigenvalue weighted by molar-refractivity contribution is -0.157. The van der Waals surface area contributed by atoms with Crippen LogP contribution in [-0.4, -0.2) is 24.5 Å². The molecule has 0 aliphatic rings. The Morgan fingerprint density at radius 3 is 1.96 bits per heavy atom. The first-order valence-corrected chi connectivity index (χ1v) is 8.95. The summed E-state index contributed by atoms with van der Waals surface area (Å²) in [5.74, 6) is -1.69. The Morgan fingerprint density at radius 1 is 0.889 bits per heavy atom. The molecular weight excluding hydrogens is 344 g/mol. The van der Waals surface area contributed by atoms with Crippen molar-refractivity contribution in [3.63, 3.8) is 0 Å². The van der Waals surface area contributed by atoms with Gasteiger partial charge in [0.05, 0.1) is 5.92 Å². The zero-order valence-electron chi connectivity index (χ0n) is 15.5. The first-order chi connectivity index (χ1) is 13.1. The zero-order valence-corrected chi connectivity index (χ0v) is 15.5. The minimum absolute atomic E-state index is 0.376. The molecule has 2 aromatic rings. The second kappa shape index (κ2) is 10.1. The van der Waals surface area contributed by atoms with Gasteiger partial charge in [-0.15, -0.1) is 0 Å². The summed E-state index contributed by atoms with van der Waals surface area (Å²) in [5, 5.41) is 4.70. The van der Waals surface area contributed by atoms with Gasteiger partial charge in [0, 0.05) is 12.1 Å². The molecule has 2 N–H and O–H groups in total. The summed E-state index contributed by atoms with van der Waals surface area (Å²) in [5.41, 5.74) is 1.32. The van der Waals surface area contributed by atoms with E-state index < -0.39 is 29.9 Å².